The molecule has 18 heavy (non-hydrogen) atoms. The maximum Gasteiger partial charge on any atom is 0.0696 e. The van der Waals surface area contributed by atoms with Crippen LogP contribution < -0.4 is 0 Å². The van der Waals surface area contributed by atoms with Crippen molar-refractivity contribution < 1.29 is 4.74 Å². The molecule has 2 rings (SSSR count). The average Bonchev–Trinajstić information content (AvgIpc) is 2.28. The van der Waals surface area contributed by atoms with Crippen LogP contribution in [0.1, 0.15) is 47.8 Å². The number of benzene rings is 1. The van der Waals surface area contributed by atoms with Crippen LogP contribution in [0.3, 0.4) is 0 Å². The molecule has 0 amide bonds. The molecule has 3 heteroatoms. The molecule has 100 valence electrons. The molecule has 0 spiro atoms. The normalized spacial score (nSPS) is 19.4. The molecule has 1 nitrogen and oxygen atoms in total. The van der Waals surface area contributed by atoms with Crippen molar-refractivity contribution in [1.29, 1.82) is 0 Å². The van der Waals surface area contributed by atoms with E-state index < -0.39 is 0 Å². The molecule has 0 radical (unpaired) electrons. The van der Waals surface area contributed by atoms with Gasteiger partial charge in [0, 0.05) is 12.1 Å². The van der Waals surface area contributed by atoms with Crippen LogP contribution in [0.5, 0.6) is 0 Å². The summed E-state index contributed by atoms with van der Waals surface area (Å²) in [5.74, 6) is 0. The lowest BCUT2D eigenvalue weighted by Gasteiger charge is -2.42. The molecule has 1 atom stereocenters. The Kier molecular flexibility index (Phi) is 4.25. The van der Waals surface area contributed by atoms with Crippen molar-refractivity contribution in [3.63, 3.8) is 0 Å². The van der Waals surface area contributed by atoms with Gasteiger partial charge in [0.1, 0.15) is 0 Å². The quantitative estimate of drug-likeness (QED) is 0.692. The first-order valence-corrected chi connectivity index (χ1v) is 7.25. The Morgan fingerprint density at radius 2 is 1.89 bits per heavy atom. The van der Waals surface area contributed by atoms with Crippen molar-refractivity contribution >= 4 is 23.2 Å². The minimum absolute atomic E-state index is 0.0193. The van der Waals surface area contributed by atoms with E-state index in [4.69, 9.17) is 27.9 Å². The third-order valence-electron chi connectivity index (χ3n) is 4.20. The number of ether oxygens (including phenoxy) is 1. The smallest absolute Gasteiger partial charge is 0.0696 e. The first-order chi connectivity index (χ1) is 8.47. The van der Waals surface area contributed by atoms with Crippen LogP contribution in [0.15, 0.2) is 12.1 Å². The summed E-state index contributed by atoms with van der Waals surface area (Å²) in [6, 6.07) is 4.11. The lowest BCUT2D eigenvalue weighted by molar-refractivity contribution is -0.0780. The summed E-state index contributed by atoms with van der Waals surface area (Å²) in [5, 5.41) is 0.695. The molecule has 0 aliphatic heterocycles. The number of rotatable bonds is 4. The van der Waals surface area contributed by atoms with Crippen molar-refractivity contribution in [3.05, 3.63) is 33.8 Å². The van der Waals surface area contributed by atoms with Gasteiger partial charge in [0.25, 0.3) is 0 Å². The van der Waals surface area contributed by atoms with E-state index in [1.807, 2.05) is 6.07 Å². The Morgan fingerprint density at radius 3 is 2.39 bits per heavy atom. The predicted molar refractivity (Wildman–Crippen MR) is 77.7 cm³/mol. The number of aryl methyl sites for hydroxylation is 2. The Hall–Kier alpha value is -0.240. The Labute approximate surface area is 119 Å². The van der Waals surface area contributed by atoms with E-state index >= 15 is 0 Å². The molecule has 0 saturated heterocycles. The number of halogens is 2. The maximum atomic E-state index is 6.55. The molecule has 1 saturated carbocycles. The molecule has 0 bridgehead atoms. The van der Waals surface area contributed by atoms with Crippen molar-refractivity contribution in [2.45, 2.75) is 50.5 Å². The van der Waals surface area contributed by atoms with E-state index in [1.165, 1.54) is 17.5 Å². The Balaban J connectivity index is 2.18. The number of hydrogen-bond acceptors (Lipinski definition) is 1. The summed E-state index contributed by atoms with van der Waals surface area (Å²) in [7, 11) is 1.78. The molecule has 0 aromatic heterocycles. The molecule has 0 heterocycles. The van der Waals surface area contributed by atoms with Gasteiger partial charge in [-0.05, 0) is 62.3 Å². The molecule has 1 aromatic carbocycles. The first kappa shape index (κ1) is 14.2. The van der Waals surface area contributed by atoms with E-state index in [2.05, 4.69) is 19.9 Å². The highest BCUT2D eigenvalue weighted by Gasteiger charge is 2.39. The van der Waals surface area contributed by atoms with Gasteiger partial charge < -0.3 is 4.74 Å². The van der Waals surface area contributed by atoms with E-state index in [0.717, 1.165) is 29.8 Å². The lowest BCUT2D eigenvalue weighted by atomic mass is 9.76. The highest BCUT2D eigenvalue weighted by Crippen LogP contribution is 2.45. The van der Waals surface area contributed by atoms with Crippen LogP contribution in [-0.2, 0) is 4.74 Å². The number of hydrogen-bond donors (Lipinski definition) is 0. The van der Waals surface area contributed by atoms with Gasteiger partial charge in [0.05, 0.1) is 11.0 Å². The standard InChI is InChI=1S/C15H20Cl2O/c1-10-7-12(13(16)8-11(10)2)14(17)9-15(18-3)5-4-6-15/h7-8,14H,4-6,9H2,1-3H3. The molecule has 0 N–H and O–H groups in total. The van der Waals surface area contributed by atoms with Crippen molar-refractivity contribution in [2.75, 3.05) is 7.11 Å². The van der Waals surface area contributed by atoms with Crippen molar-refractivity contribution in [3.8, 4) is 0 Å². The third kappa shape index (κ3) is 2.68. The van der Waals surface area contributed by atoms with Gasteiger partial charge in [-0.15, -0.1) is 11.6 Å². The molecular weight excluding hydrogens is 267 g/mol. The van der Waals surface area contributed by atoms with Crippen LogP contribution in [0.4, 0.5) is 0 Å². The first-order valence-electron chi connectivity index (χ1n) is 6.43. The van der Waals surface area contributed by atoms with Gasteiger partial charge in [-0.2, -0.15) is 0 Å². The Bertz CT molecular complexity index is 433. The summed E-state index contributed by atoms with van der Waals surface area (Å²) >= 11 is 12.9. The molecule has 1 aliphatic rings. The molecule has 1 unspecified atom stereocenters. The highest BCUT2D eigenvalue weighted by atomic mass is 35.5. The van der Waals surface area contributed by atoms with Gasteiger partial charge in [-0.1, -0.05) is 17.7 Å². The molecule has 1 aliphatic carbocycles. The van der Waals surface area contributed by atoms with Crippen LogP contribution in [0, 0.1) is 13.8 Å². The van der Waals surface area contributed by atoms with Crippen LogP contribution >= 0.6 is 23.2 Å². The fourth-order valence-electron chi connectivity index (χ4n) is 2.54. The Morgan fingerprint density at radius 1 is 1.28 bits per heavy atom. The van der Waals surface area contributed by atoms with Crippen LogP contribution in [0.2, 0.25) is 5.02 Å². The van der Waals surface area contributed by atoms with Gasteiger partial charge in [0.15, 0.2) is 0 Å². The van der Waals surface area contributed by atoms with Crippen LogP contribution in [0.25, 0.3) is 0 Å². The van der Waals surface area contributed by atoms with Gasteiger partial charge in [0.2, 0.25) is 0 Å². The van der Waals surface area contributed by atoms with Gasteiger partial charge >= 0.3 is 0 Å². The fraction of sp³-hybridized carbons (Fsp3) is 0.600. The molecular formula is C15H20Cl2O. The lowest BCUT2D eigenvalue weighted by Crippen LogP contribution is -2.39. The molecule has 1 fully saturated rings. The topological polar surface area (TPSA) is 9.23 Å². The fourth-order valence-corrected chi connectivity index (χ4v) is 3.41. The van der Waals surface area contributed by atoms with Gasteiger partial charge in [-0.3, -0.25) is 0 Å². The van der Waals surface area contributed by atoms with E-state index in [0.29, 0.717) is 0 Å². The van der Waals surface area contributed by atoms with Crippen molar-refractivity contribution in [1.82, 2.24) is 0 Å². The monoisotopic (exact) mass is 286 g/mol. The molecule has 1 aromatic rings. The number of alkyl halides is 1. The van der Waals surface area contributed by atoms with E-state index in [1.54, 1.807) is 7.11 Å². The van der Waals surface area contributed by atoms with Crippen LogP contribution in [-0.4, -0.2) is 12.7 Å². The van der Waals surface area contributed by atoms with E-state index in [9.17, 15) is 0 Å². The minimum Gasteiger partial charge on any atom is -0.378 e. The zero-order chi connectivity index (χ0) is 13.3. The maximum absolute atomic E-state index is 6.55. The second-order valence-corrected chi connectivity index (χ2v) is 6.30. The third-order valence-corrected chi connectivity index (χ3v) is 4.92. The summed E-state index contributed by atoms with van der Waals surface area (Å²) in [4.78, 5) is 0. The second kappa shape index (κ2) is 5.40. The van der Waals surface area contributed by atoms with Gasteiger partial charge in [-0.25, -0.2) is 0 Å². The summed E-state index contributed by atoms with van der Waals surface area (Å²) in [6.07, 6.45) is 4.29. The number of methoxy groups -OCH3 is 1. The zero-order valence-corrected chi connectivity index (χ0v) is 12.7. The second-order valence-electron chi connectivity index (χ2n) is 5.37. The minimum atomic E-state index is -0.0722. The SMILES string of the molecule is COC1(CC(Cl)c2cc(C)c(C)cc2Cl)CCC1. The summed E-state index contributed by atoms with van der Waals surface area (Å²) in [6.45, 7) is 4.16. The largest absolute Gasteiger partial charge is 0.378 e. The summed E-state index contributed by atoms with van der Waals surface area (Å²) < 4.78 is 5.63. The highest BCUT2D eigenvalue weighted by molar-refractivity contribution is 6.32. The zero-order valence-electron chi connectivity index (χ0n) is 11.2. The van der Waals surface area contributed by atoms with Crippen molar-refractivity contribution in [2.24, 2.45) is 0 Å². The average molecular weight is 287 g/mol. The predicted octanol–water partition coefficient (Wildman–Crippen LogP) is 5.20. The van der Waals surface area contributed by atoms with E-state index in [-0.39, 0.29) is 11.0 Å². The summed E-state index contributed by atoms with van der Waals surface area (Å²) in [5.41, 5.74) is 3.46.